The second kappa shape index (κ2) is 6.38. The van der Waals surface area contributed by atoms with Crippen LogP contribution in [0.5, 0.6) is 0 Å². The molecule has 3 heteroatoms. The lowest BCUT2D eigenvalue weighted by Crippen LogP contribution is -2.21. The van der Waals surface area contributed by atoms with Crippen molar-refractivity contribution in [1.29, 1.82) is 0 Å². The molecule has 1 atom stereocenters. The van der Waals surface area contributed by atoms with Crippen molar-refractivity contribution in [2.24, 2.45) is 5.73 Å². The Morgan fingerprint density at radius 1 is 1.56 bits per heavy atom. The molecular weight excluding hydrogens is 198 g/mol. The number of hydrogen-bond donors (Lipinski definition) is 2. The first kappa shape index (κ1) is 12.8. The fourth-order valence-corrected chi connectivity index (χ4v) is 1.94. The van der Waals surface area contributed by atoms with Crippen LogP contribution in [0.1, 0.15) is 19.3 Å². The van der Waals surface area contributed by atoms with Crippen molar-refractivity contribution in [3.05, 3.63) is 36.2 Å². The van der Waals surface area contributed by atoms with Gasteiger partial charge in [0.1, 0.15) is 0 Å². The predicted molar refractivity (Wildman–Crippen MR) is 69.9 cm³/mol. The van der Waals surface area contributed by atoms with Gasteiger partial charge in [0.15, 0.2) is 0 Å². The maximum absolute atomic E-state index is 5.42. The second-order valence-corrected chi connectivity index (χ2v) is 4.48. The van der Waals surface area contributed by atoms with E-state index in [0.717, 1.165) is 24.2 Å². The van der Waals surface area contributed by atoms with Gasteiger partial charge in [-0.05, 0) is 44.2 Å². The summed E-state index contributed by atoms with van der Waals surface area (Å²) in [4.78, 5) is 2.04. The zero-order valence-corrected chi connectivity index (χ0v) is 10.4. The highest BCUT2D eigenvalue weighted by Crippen LogP contribution is 2.16. The maximum Gasteiger partial charge on any atom is 0.0377 e. The third-order valence-electron chi connectivity index (χ3n) is 2.81. The molecule has 3 nitrogen and oxygen atoms in total. The first-order valence-electron chi connectivity index (χ1n) is 5.82. The van der Waals surface area contributed by atoms with Gasteiger partial charge in [-0.25, -0.2) is 0 Å². The average Bonchev–Trinajstić information content (AvgIpc) is 2.69. The van der Waals surface area contributed by atoms with Gasteiger partial charge < -0.3 is 16.0 Å². The maximum atomic E-state index is 5.42. The Balaban J connectivity index is 2.54. The lowest BCUT2D eigenvalue weighted by Gasteiger charge is -2.15. The molecule has 0 bridgehead atoms. The molecule has 0 aromatic rings. The molecule has 1 fully saturated rings. The molecule has 16 heavy (non-hydrogen) atoms. The summed E-state index contributed by atoms with van der Waals surface area (Å²) in [5.74, 6) is 0. The molecule has 0 radical (unpaired) electrons. The summed E-state index contributed by atoms with van der Waals surface area (Å²) in [7, 11) is 4.01. The van der Waals surface area contributed by atoms with E-state index in [9.17, 15) is 0 Å². The van der Waals surface area contributed by atoms with Crippen LogP contribution in [0.4, 0.5) is 0 Å². The Morgan fingerprint density at radius 2 is 2.31 bits per heavy atom. The highest BCUT2D eigenvalue weighted by Gasteiger charge is 2.14. The van der Waals surface area contributed by atoms with Crippen molar-refractivity contribution in [2.45, 2.75) is 25.3 Å². The molecule has 1 heterocycles. The summed E-state index contributed by atoms with van der Waals surface area (Å²) in [6.45, 7) is 5.25. The van der Waals surface area contributed by atoms with Gasteiger partial charge >= 0.3 is 0 Å². The number of nitrogens with two attached hydrogens (primary N) is 1. The van der Waals surface area contributed by atoms with Crippen molar-refractivity contribution in [2.75, 3.05) is 20.6 Å². The van der Waals surface area contributed by atoms with Gasteiger partial charge in [0.05, 0.1) is 0 Å². The summed E-state index contributed by atoms with van der Waals surface area (Å²) >= 11 is 0. The minimum absolute atomic E-state index is 0.606. The SMILES string of the molecule is C=C(/C=C(\C=C/N)N(C)C)C[C@@H]1CCCN1. The first-order valence-corrected chi connectivity index (χ1v) is 5.82. The fraction of sp³-hybridized carbons (Fsp3) is 0.538. The second-order valence-electron chi connectivity index (χ2n) is 4.48. The molecule has 90 valence electrons. The zero-order chi connectivity index (χ0) is 12.0. The smallest absolute Gasteiger partial charge is 0.0377 e. The van der Waals surface area contributed by atoms with Crippen LogP contribution in [0.2, 0.25) is 0 Å². The van der Waals surface area contributed by atoms with Crippen LogP contribution in [0.15, 0.2) is 36.2 Å². The lowest BCUT2D eigenvalue weighted by molar-refractivity contribution is 0.527. The summed E-state index contributed by atoms with van der Waals surface area (Å²) in [6, 6.07) is 0.606. The molecular formula is C13H23N3. The quantitative estimate of drug-likeness (QED) is 0.693. The number of hydrogen-bond acceptors (Lipinski definition) is 3. The van der Waals surface area contributed by atoms with E-state index in [1.165, 1.54) is 12.8 Å². The standard InChI is InChI=1S/C13H23N3/c1-11(9-12-5-4-8-15-12)10-13(6-7-14)16(2)3/h6-7,10,12,15H,1,4-5,8-9,14H2,2-3H3/b7-6-,13-10+/t12-/m0/s1. The van der Waals surface area contributed by atoms with Crippen LogP contribution < -0.4 is 11.1 Å². The predicted octanol–water partition coefficient (Wildman–Crippen LogP) is 1.60. The molecule has 0 amide bonds. The summed E-state index contributed by atoms with van der Waals surface area (Å²) in [5, 5.41) is 3.48. The Bertz CT molecular complexity index is 284. The van der Waals surface area contributed by atoms with Crippen molar-refractivity contribution in [1.82, 2.24) is 10.2 Å². The van der Waals surface area contributed by atoms with E-state index in [-0.39, 0.29) is 0 Å². The molecule has 1 rings (SSSR count). The van der Waals surface area contributed by atoms with Crippen molar-refractivity contribution < 1.29 is 0 Å². The Hall–Kier alpha value is -1.22. The third-order valence-corrected chi connectivity index (χ3v) is 2.81. The number of nitrogens with one attached hydrogen (secondary N) is 1. The summed E-state index contributed by atoms with van der Waals surface area (Å²) < 4.78 is 0. The summed E-state index contributed by atoms with van der Waals surface area (Å²) in [6.07, 6.45) is 9.13. The van der Waals surface area contributed by atoms with E-state index < -0.39 is 0 Å². The largest absolute Gasteiger partial charge is 0.405 e. The number of rotatable bonds is 5. The Morgan fingerprint density at radius 3 is 2.81 bits per heavy atom. The van der Waals surface area contributed by atoms with Crippen molar-refractivity contribution in [3.63, 3.8) is 0 Å². The molecule has 0 saturated carbocycles. The number of allylic oxidation sites excluding steroid dienone is 2. The van der Waals surface area contributed by atoms with E-state index in [1.54, 1.807) is 6.20 Å². The van der Waals surface area contributed by atoms with Gasteiger partial charge in [0, 0.05) is 25.8 Å². The Kier molecular flexibility index (Phi) is 5.12. The van der Waals surface area contributed by atoms with Crippen LogP contribution >= 0.6 is 0 Å². The van der Waals surface area contributed by atoms with E-state index in [4.69, 9.17) is 5.73 Å². The highest BCUT2D eigenvalue weighted by atomic mass is 15.1. The van der Waals surface area contributed by atoms with E-state index in [2.05, 4.69) is 18.0 Å². The van der Waals surface area contributed by atoms with Gasteiger partial charge in [0.25, 0.3) is 0 Å². The first-order chi connectivity index (χ1) is 7.63. The molecule has 0 aliphatic carbocycles. The molecule has 0 spiro atoms. The Labute approximate surface area is 98.7 Å². The minimum Gasteiger partial charge on any atom is -0.405 e. The molecule has 0 aromatic carbocycles. The van der Waals surface area contributed by atoms with Gasteiger partial charge in [-0.2, -0.15) is 0 Å². The third kappa shape index (κ3) is 4.11. The molecule has 1 aliphatic rings. The molecule has 1 aliphatic heterocycles. The van der Waals surface area contributed by atoms with Crippen LogP contribution in [0.3, 0.4) is 0 Å². The van der Waals surface area contributed by atoms with Gasteiger partial charge in [-0.1, -0.05) is 12.2 Å². The lowest BCUT2D eigenvalue weighted by atomic mass is 10.1. The zero-order valence-electron chi connectivity index (χ0n) is 10.4. The molecule has 1 saturated heterocycles. The van der Waals surface area contributed by atoms with E-state index in [1.807, 2.05) is 25.1 Å². The minimum atomic E-state index is 0.606. The van der Waals surface area contributed by atoms with Gasteiger partial charge in [-0.3, -0.25) is 0 Å². The van der Waals surface area contributed by atoms with Gasteiger partial charge in [0.2, 0.25) is 0 Å². The van der Waals surface area contributed by atoms with Gasteiger partial charge in [-0.15, -0.1) is 0 Å². The van der Waals surface area contributed by atoms with Crippen molar-refractivity contribution in [3.8, 4) is 0 Å². The van der Waals surface area contributed by atoms with E-state index in [0.29, 0.717) is 6.04 Å². The van der Waals surface area contributed by atoms with Crippen LogP contribution in [0, 0.1) is 0 Å². The monoisotopic (exact) mass is 221 g/mol. The van der Waals surface area contributed by atoms with Crippen LogP contribution in [-0.2, 0) is 0 Å². The number of nitrogens with zero attached hydrogens (tertiary/aromatic N) is 1. The van der Waals surface area contributed by atoms with E-state index >= 15 is 0 Å². The topological polar surface area (TPSA) is 41.3 Å². The molecule has 0 unspecified atom stereocenters. The number of likely N-dealkylation sites (N-methyl/N-ethyl adjacent to an activating group) is 1. The molecule has 3 N–H and O–H groups in total. The van der Waals surface area contributed by atoms with Crippen LogP contribution in [0.25, 0.3) is 0 Å². The normalized spacial score (nSPS) is 21.6. The van der Waals surface area contributed by atoms with Crippen LogP contribution in [-0.4, -0.2) is 31.6 Å². The molecule has 0 aromatic heterocycles. The fourth-order valence-electron chi connectivity index (χ4n) is 1.94. The highest BCUT2D eigenvalue weighted by molar-refractivity contribution is 5.27. The summed E-state index contributed by atoms with van der Waals surface area (Å²) in [5.41, 5.74) is 7.66. The average molecular weight is 221 g/mol. The van der Waals surface area contributed by atoms with Crippen molar-refractivity contribution >= 4 is 0 Å².